The molecule has 7 nitrogen and oxygen atoms in total. The van der Waals surface area contributed by atoms with Crippen molar-refractivity contribution >= 4 is 5.91 Å². The largest absolute Gasteiger partial charge is 0.475 e. The van der Waals surface area contributed by atoms with Crippen LogP contribution in [0, 0.1) is 25.7 Å². The average molecular weight is 415 g/mol. The molecule has 1 saturated carbocycles. The predicted octanol–water partition coefficient (Wildman–Crippen LogP) is 3.48. The first-order valence-electron chi connectivity index (χ1n) is 10.7. The molecule has 0 radical (unpaired) electrons. The number of likely N-dealkylation sites (tertiary alicyclic amines) is 1. The van der Waals surface area contributed by atoms with Crippen LogP contribution in [0.1, 0.15) is 34.6 Å². The van der Waals surface area contributed by atoms with E-state index >= 15 is 0 Å². The Balaban J connectivity index is 1.43. The number of nitrogens with zero attached hydrogens (tertiary/aromatic N) is 5. The van der Waals surface area contributed by atoms with Crippen LogP contribution in [0.2, 0.25) is 0 Å². The summed E-state index contributed by atoms with van der Waals surface area (Å²) in [7, 11) is 0. The Hall–Kier alpha value is -3.35. The molecule has 4 heterocycles. The van der Waals surface area contributed by atoms with Gasteiger partial charge in [0, 0.05) is 36.4 Å². The zero-order chi connectivity index (χ0) is 21.4. The molecule has 1 saturated heterocycles. The third kappa shape index (κ3) is 4.00. The van der Waals surface area contributed by atoms with Gasteiger partial charge in [-0.3, -0.25) is 4.79 Å². The van der Waals surface area contributed by atoms with Crippen molar-refractivity contribution < 1.29 is 9.53 Å². The summed E-state index contributed by atoms with van der Waals surface area (Å²) in [5, 5.41) is 0. The molecule has 31 heavy (non-hydrogen) atoms. The highest BCUT2D eigenvalue weighted by Gasteiger charge is 2.47. The van der Waals surface area contributed by atoms with Crippen LogP contribution in [-0.2, 0) is 0 Å². The smallest absolute Gasteiger partial charge is 0.273 e. The first kappa shape index (κ1) is 19.6. The standard InChI is InChI=1S/C24H25N5O2/c1-15-5-3-8-27-23(15)31-14-19-12-17-11-18(17)13-29(19)24(30)21-20(7-6-16(2)28-21)22-25-9-4-10-26-22/h3-10,17-19H,11-14H2,1-2H3/t17-,18+,19+/m1/s1. The van der Waals surface area contributed by atoms with Crippen molar-refractivity contribution in [3.05, 3.63) is 65.9 Å². The SMILES string of the molecule is Cc1ccc(-c2ncccn2)c(C(=O)N2C[C@@H]3C[C@@H]3C[C@H]2COc2ncccc2C)n1. The fourth-order valence-corrected chi connectivity index (χ4v) is 4.38. The lowest BCUT2D eigenvalue weighted by atomic mass is 10.0. The van der Waals surface area contributed by atoms with E-state index in [1.807, 2.05) is 43.0 Å². The maximum absolute atomic E-state index is 13.7. The fourth-order valence-electron chi connectivity index (χ4n) is 4.38. The molecule has 3 aromatic rings. The molecule has 0 aromatic carbocycles. The molecule has 1 aliphatic heterocycles. The van der Waals surface area contributed by atoms with Gasteiger partial charge in [-0.25, -0.2) is 19.9 Å². The van der Waals surface area contributed by atoms with Crippen LogP contribution >= 0.6 is 0 Å². The monoisotopic (exact) mass is 415 g/mol. The second kappa shape index (κ2) is 8.06. The zero-order valence-corrected chi connectivity index (χ0v) is 17.7. The van der Waals surface area contributed by atoms with E-state index in [4.69, 9.17) is 4.74 Å². The van der Waals surface area contributed by atoms with Gasteiger partial charge in [0.2, 0.25) is 5.88 Å². The van der Waals surface area contributed by atoms with Crippen LogP contribution in [0.25, 0.3) is 11.4 Å². The van der Waals surface area contributed by atoms with Gasteiger partial charge in [-0.2, -0.15) is 0 Å². The van der Waals surface area contributed by atoms with Crippen LogP contribution < -0.4 is 4.74 Å². The van der Waals surface area contributed by atoms with Crippen molar-refractivity contribution in [2.24, 2.45) is 11.8 Å². The Morgan fingerprint density at radius 2 is 1.84 bits per heavy atom. The third-order valence-corrected chi connectivity index (χ3v) is 6.19. The summed E-state index contributed by atoms with van der Waals surface area (Å²) in [6.45, 7) is 5.04. The molecule has 7 heteroatoms. The minimum absolute atomic E-state index is 0.00971. The number of rotatable bonds is 5. The van der Waals surface area contributed by atoms with Gasteiger partial charge in [-0.1, -0.05) is 6.07 Å². The highest BCUT2D eigenvalue weighted by atomic mass is 16.5. The van der Waals surface area contributed by atoms with E-state index in [1.54, 1.807) is 24.7 Å². The third-order valence-electron chi connectivity index (χ3n) is 6.19. The highest BCUT2D eigenvalue weighted by Crippen LogP contribution is 2.47. The van der Waals surface area contributed by atoms with Gasteiger partial charge in [-0.05, 0) is 62.8 Å². The van der Waals surface area contributed by atoms with Gasteiger partial charge in [0.25, 0.3) is 5.91 Å². The fraction of sp³-hybridized carbons (Fsp3) is 0.375. The first-order valence-corrected chi connectivity index (χ1v) is 10.7. The van der Waals surface area contributed by atoms with Crippen molar-refractivity contribution in [2.75, 3.05) is 13.2 Å². The summed E-state index contributed by atoms with van der Waals surface area (Å²) in [4.78, 5) is 33.3. The molecule has 0 unspecified atom stereocenters. The molecular weight excluding hydrogens is 390 g/mol. The molecule has 2 aliphatic rings. The number of piperidine rings is 1. The molecule has 0 N–H and O–H groups in total. The quantitative estimate of drug-likeness (QED) is 0.635. The second-order valence-corrected chi connectivity index (χ2v) is 8.46. The number of aromatic nitrogens is 4. The number of hydrogen-bond donors (Lipinski definition) is 0. The summed E-state index contributed by atoms with van der Waals surface area (Å²) >= 11 is 0. The predicted molar refractivity (Wildman–Crippen MR) is 116 cm³/mol. The van der Waals surface area contributed by atoms with E-state index in [2.05, 4.69) is 19.9 Å². The number of carbonyl (C=O) groups is 1. The molecule has 5 rings (SSSR count). The Morgan fingerprint density at radius 1 is 1.03 bits per heavy atom. The second-order valence-electron chi connectivity index (χ2n) is 8.46. The van der Waals surface area contributed by atoms with E-state index < -0.39 is 0 Å². The Kier molecular flexibility index (Phi) is 5.10. The molecule has 0 bridgehead atoms. The van der Waals surface area contributed by atoms with Crippen molar-refractivity contribution in [3.63, 3.8) is 0 Å². The zero-order valence-electron chi connectivity index (χ0n) is 17.7. The van der Waals surface area contributed by atoms with Crippen LogP contribution in [0.4, 0.5) is 0 Å². The number of fused-ring (bicyclic) bond motifs is 1. The van der Waals surface area contributed by atoms with Gasteiger partial charge in [0.15, 0.2) is 5.82 Å². The molecule has 3 atom stereocenters. The Bertz CT molecular complexity index is 1100. The maximum Gasteiger partial charge on any atom is 0.273 e. The van der Waals surface area contributed by atoms with Crippen molar-refractivity contribution in [1.29, 1.82) is 0 Å². The number of aryl methyl sites for hydroxylation is 2. The molecule has 158 valence electrons. The molecule has 0 spiro atoms. The number of amides is 1. The van der Waals surface area contributed by atoms with Gasteiger partial charge in [0.05, 0.1) is 11.6 Å². The van der Waals surface area contributed by atoms with E-state index in [9.17, 15) is 4.79 Å². The minimum atomic E-state index is -0.0807. The normalized spacial score (nSPS) is 22.0. The highest BCUT2D eigenvalue weighted by molar-refractivity contribution is 5.98. The lowest BCUT2D eigenvalue weighted by Crippen LogP contribution is -2.48. The van der Waals surface area contributed by atoms with Gasteiger partial charge in [0.1, 0.15) is 12.3 Å². The summed E-state index contributed by atoms with van der Waals surface area (Å²) in [6.07, 6.45) is 7.21. The number of ether oxygens (including phenoxy) is 1. The summed E-state index contributed by atoms with van der Waals surface area (Å²) in [5.74, 6) is 2.32. The number of hydrogen-bond acceptors (Lipinski definition) is 6. The van der Waals surface area contributed by atoms with E-state index in [1.165, 1.54) is 6.42 Å². The number of carbonyl (C=O) groups excluding carboxylic acids is 1. The van der Waals surface area contributed by atoms with Crippen molar-refractivity contribution in [3.8, 4) is 17.3 Å². The molecule has 2 fully saturated rings. The van der Waals surface area contributed by atoms with E-state index in [0.717, 1.165) is 24.2 Å². The van der Waals surface area contributed by atoms with E-state index in [0.29, 0.717) is 41.4 Å². The van der Waals surface area contributed by atoms with Gasteiger partial charge in [-0.15, -0.1) is 0 Å². The van der Waals surface area contributed by atoms with E-state index in [-0.39, 0.29) is 11.9 Å². The van der Waals surface area contributed by atoms with Crippen LogP contribution in [0.5, 0.6) is 5.88 Å². The van der Waals surface area contributed by atoms with Gasteiger partial charge >= 0.3 is 0 Å². The summed E-state index contributed by atoms with van der Waals surface area (Å²) in [5.41, 5.74) is 2.85. The van der Waals surface area contributed by atoms with Crippen molar-refractivity contribution in [1.82, 2.24) is 24.8 Å². The Labute approximate surface area is 181 Å². The van der Waals surface area contributed by atoms with Crippen molar-refractivity contribution in [2.45, 2.75) is 32.7 Å². The number of pyridine rings is 2. The summed E-state index contributed by atoms with van der Waals surface area (Å²) in [6, 6.07) is 9.40. The van der Waals surface area contributed by atoms with Crippen LogP contribution in [0.3, 0.4) is 0 Å². The maximum atomic E-state index is 13.7. The lowest BCUT2D eigenvalue weighted by Gasteiger charge is -2.35. The molecule has 1 amide bonds. The molecule has 3 aromatic heterocycles. The first-order chi connectivity index (χ1) is 15.1. The van der Waals surface area contributed by atoms with Crippen LogP contribution in [-0.4, -0.2) is 49.9 Å². The lowest BCUT2D eigenvalue weighted by molar-refractivity contribution is 0.0502. The molecule has 1 aliphatic carbocycles. The molecular formula is C24H25N5O2. The minimum Gasteiger partial charge on any atom is -0.475 e. The van der Waals surface area contributed by atoms with Crippen LogP contribution in [0.15, 0.2) is 48.9 Å². The van der Waals surface area contributed by atoms with Gasteiger partial charge < -0.3 is 9.64 Å². The topological polar surface area (TPSA) is 81.1 Å². The average Bonchev–Trinajstić information content (AvgIpc) is 3.56. The Morgan fingerprint density at radius 3 is 2.65 bits per heavy atom. The summed E-state index contributed by atoms with van der Waals surface area (Å²) < 4.78 is 6.05.